The number of rotatable bonds is 9. The lowest BCUT2D eigenvalue weighted by molar-refractivity contribution is -0.385. The van der Waals surface area contributed by atoms with Gasteiger partial charge in [0, 0.05) is 17.7 Å². The second kappa shape index (κ2) is 10.5. The van der Waals surface area contributed by atoms with E-state index in [4.69, 9.17) is 9.47 Å². The van der Waals surface area contributed by atoms with Crippen LogP contribution in [-0.2, 0) is 6.42 Å². The van der Waals surface area contributed by atoms with Crippen LogP contribution in [0.5, 0.6) is 17.4 Å². The van der Waals surface area contributed by atoms with Gasteiger partial charge in [-0.25, -0.2) is 9.78 Å². The highest BCUT2D eigenvalue weighted by Gasteiger charge is 2.16. The molecule has 0 saturated heterocycles. The largest absolute Gasteiger partial charge is 0.490 e. The number of nitrogens with one attached hydrogen (secondary N) is 1. The molecule has 2 aromatic carbocycles. The van der Waals surface area contributed by atoms with Crippen LogP contribution < -0.4 is 20.7 Å². The number of aromatic nitrogens is 3. The molecule has 0 amide bonds. The summed E-state index contributed by atoms with van der Waals surface area (Å²) in [5.41, 5.74) is 0.245. The zero-order chi connectivity index (χ0) is 25.7. The molecule has 182 valence electrons. The standard InChI is InChI=1S/C25H21N5O6/c1-3-7-17-12-16(14-27-29-24(31)19-8-5-6-9-20(19)28-25(29)32)13-21(35-4-2)23(17)36-22-11-10-18(15-26-22)30(33)34/h3,5-6,8-15H,1,4,7H2,2H3,(H,28,32). The second-order valence-electron chi connectivity index (χ2n) is 7.48. The summed E-state index contributed by atoms with van der Waals surface area (Å²) in [6.45, 7) is 5.90. The monoisotopic (exact) mass is 487 g/mol. The molecule has 2 aromatic heterocycles. The number of hydrogen-bond donors (Lipinski definition) is 1. The number of H-pyrrole nitrogens is 1. The van der Waals surface area contributed by atoms with Gasteiger partial charge in [-0.15, -0.1) is 11.3 Å². The molecule has 0 unspecified atom stereocenters. The van der Waals surface area contributed by atoms with Crippen LogP contribution in [0.3, 0.4) is 0 Å². The Labute approximate surface area is 204 Å². The number of nitrogens with zero attached hydrogens (tertiary/aromatic N) is 4. The Balaban J connectivity index is 1.75. The Bertz CT molecular complexity index is 1590. The van der Waals surface area contributed by atoms with Crippen molar-refractivity contribution in [2.24, 2.45) is 5.10 Å². The van der Waals surface area contributed by atoms with Crippen molar-refractivity contribution in [1.82, 2.24) is 14.6 Å². The quantitative estimate of drug-likeness (QED) is 0.164. The van der Waals surface area contributed by atoms with E-state index < -0.39 is 16.2 Å². The number of ether oxygens (including phenoxy) is 2. The number of benzene rings is 2. The highest BCUT2D eigenvalue weighted by Crippen LogP contribution is 2.36. The van der Waals surface area contributed by atoms with E-state index in [0.717, 1.165) is 10.9 Å². The van der Waals surface area contributed by atoms with Gasteiger partial charge in [0.25, 0.3) is 11.2 Å². The minimum atomic E-state index is -0.671. The van der Waals surface area contributed by atoms with Gasteiger partial charge in [0.05, 0.1) is 28.6 Å². The van der Waals surface area contributed by atoms with Crippen LogP contribution in [0.1, 0.15) is 18.1 Å². The molecule has 0 aliphatic carbocycles. The third-order valence-electron chi connectivity index (χ3n) is 5.06. The van der Waals surface area contributed by atoms with Crippen LogP contribution in [0.4, 0.5) is 5.69 Å². The fourth-order valence-corrected chi connectivity index (χ4v) is 3.47. The van der Waals surface area contributed by atoms with Crippen LogP contribution in [0, 0.1) is 10.1 Å². The van der Waals surface area contributed by atoms with Crippen molar-refractivity contribution in [3.05, 3.63) is 109 Å². The van der Waals surface area contributed by atoms with Gasteiger partial charge >= 0.3 is 5.69 Å². The molecule has 0 spiro atoms. The lowest BCUT2D eigenvalue weighted by Crippen LogP contribution is -2.32. The maximum atomic E-state index is 12.8. The Hall–Kier alpha value is -5.06. The summed E-state index contributed by atoms with van der Waals surface area (Å²) in [6.07, 6.45) is 4.53. The fraction of sp³-hybridized carbons (Fsp3) is 0.120. The summed E-state index contributed by atoms with van der Waals surface area (Å²) in [6, 6.07) is 12.7. The van der Waals surface area contributed by atoms with Crippen molar-refractivity contribution < 1.29 is 14.4 Å². The first-order valence-corrected chi connectivity index (χ1v) is 10.9. The first-order valence-electron chi connectivity index (χ1n) is 10.9. The van der Waals surface area contributed by atoms with Gasteiger partial charge in [-0.05, 0) is 43.2 Å². The average Bonchev–Trinajstić information content (AvgIpc) is 2.86. The average molecular weight is 487 g/mol. The lowest BCUT2D eigenvalue weighted by Gasteiger charge is -2.16. The molecule has 0 bridgehead atoms. The van der Waals surface area contributed by atoms with Crippen molar-refractivity contribution in [2.75, 3.05) is 6.61 Å². The SMILES string of the molecule is C=CCc1cc(C=Nn2c(=O)[nH]c3ccccc3c2=O)cc(OCC)c1Oc1ccc([N+](=O)[O-])cn1. The molecule has 11 heteroatoms. The van der Waals surface area contributed by atoms with Crippen molar-refractivity contribution in [1.29, 1.82) is 0 Å². The molecule has 0 fully saturated rings. The van der Waals surface area contributed by atoms with Gasteiger partial charge < -0.3 is 14.5 Å². The van der Waals surface area contributed by atoms with Crippen molar-refractivity contribution in [2.45, 2.75) is 13.3 Å². The fourth-order valence-electron chi connectivity index (χ4n) is 3.47. The van der Waals surface area contributed by atoms with Crippen molar-refractivity contribution in [3.8, 4) is 17.4 Å². The van der Waals surface area contributed by atoms with Crippen LogP contribution in [-0.4, -0.2) is 32.4 Å². The van der Waals surface area contributed by atoms with E-state index in [0.29, 0.717) is 46.6 Å². The van der Waals surface area contributed by atoms with Crippen molar-refractivity contribution in [3.63, 3.8) is 0 Å². The van der Waals surface area contributed by atoms with E-state index in [9.17, 15) is 19.7 Å². The molecular formula is C25H21N5O6. The predicted octanol–water partition coefficient (Wildman–Crippen LogP) is 3.79. The zero-order valence-corrected chi connectivity index (χ0v) is 19.2. The predicted molar refractivity (Wildman–Crippen MR) is 134 cm³/mol. The third kappa shape index (κ3) is 5.04. The number of pyridine rings is 1. The zero-order valence-electron chi connectivity index (χ0n) is 19.2. The minimum Gasteiger partial charge on any atom is -0.490 e. The van der Waals surface area contributed by atoms with Crippen LogP contribution in [0.2, 0.25) is 0 Å². The molecule has 0 aliphatic rings. The lowest BCUT2D eigenvalue weighted by atomic mass is 10.1. The highest BCUT2D eigenvalue weighted by atomic mass is 16.6. The third-order valence-corrected chi connectivity index (χ3v) is 5.06. The maximum absolute atomic E-state index is 12.8. The molecule has 0 aliphatic heterocycles. The van der Waals surface area contributed by atoms with Crippen LogP contribution in [0.15, 0.2) is 82.1 Å². The van der Waals surface area contributed by atoms with E-state index in [2.05, 4.69) is 21.6 Å². The molecule has 0 saturated carbocycles. The van der Waals surface area contributed by atoms with Gasteiger partial charge in [0.1, 0.15) is 6.20 Å². The van der Waals surface area contributed by atoms with E-state index in [1.807, 2.05) is 0 Å². The molecule has 1 N–H and O–H groups in total. The van der Waals surface area contributed by atoms with Gasteiger partial charge in [-0.3, -0.25) is 14.9 Å². The Morgan fingerprint density at radius 1 is 1.22 bits per heavy atom. The van der Waals surface area contributed by atoms with E-state index in [-0.39, 0.29) is 11.6 Å². The molecule has 4 rings (SSSR count). The molecule has 0 atom stereocenters. The minimum absolute atomic E-state index is 0.141. The highest BCUT2D eigenvalue weighted by molar-refractivity contribution is 5.82. The summed E-state index contributed by atoms with van der Waals surface area (Å²) in [4.78, 5) is 42.2. The number of para-hydroxylation sites is 1. The second-order valence-corrected chi connectivity index (χ2v) is 7.48. The number of fused-ring (bicyclic) bond motifs is 1. The Kier molecular flexibility index (Phi) is 7.00. The van der Waals surface area contributed by atoms with E-state index >= 15 is 0 Å². The Morgan fingerprint density at radius 3 is 2.72 bits per heavy atom. The maximum Gasteiger partial charge on any atom is 0.349 e. The number of allylic oxidation sites excluding steroid dienone is 1. The number of nitro groups is 1. The molecule has 11 nitrogen and oxygen atoms in total. The summed E-state index contributed by atoms with van der Waals surface area (Å²) < 4.78 is 12.4. The van der Waals surface area contributed by atoms with Crippen LogP contribution in [0.25, 0.3) is 10.9 Å². The summed E-state index contributed by atoms with van der Waals surface area (Å²) in [5, 5.41) is 15.3. The first kappa shape index (κ1) is 24.1. The molecule has 4 aromatic rings. The summed E-state index contributed by atoms with van der Waals surface area (Å²) >= 11 is 0. The number of aromatic amines is 1. The van der Waals surface area contributed by atoms with Gasteiger partial charge in [-0.1, -0.05) is 18.2 Å². The van der Waals surface area contributed by atoms with E-state index in [1.165, 1.54) is 18.3 Å². The topological polar surface area (TPSA) is 142 Å². The molecule has 0 radical (unpaired) electrons. The normalized spacial score (nSPS) is 11.0. The summed E-state index contributed by atoms with van der Waals surface area (Å²) in [7, 11) is 0. The molecule has 36 heavy (non-hydrogen) atoms. The molecule has 2 heterocycles. The summed E-state index contributed by atoms with van der Waals surface area (Å²) in [5.74, 6) is 0.858. The Morgan fingerprint density at radius 2 is 2.03 bits per heavy atom. The van der Waals surface area contributed by atoms with Gasteiger partial charge in [0.15, 0.2) is 11.5 Å². The molecular weight excluding hydrogens is 466 g/mol. The van der Waals surface area contributed by atoms with Gasteiger partial charge in [-0.2, -0.15) is 5.10 Å². The first-order chi connectivity index (χ1) is 17.4. The van der Waals surface area contributed by atoms with Gasteiger partial charge in [0.2, 0.25) is 5.88 Å². The van der Waals surface area contributed by atoms with E-state index in [1.54, 1.807) is 49.4 Å². The van der Waals surface area contributed by atoms with Crippen LogP contribution >= 0.6 is 0 Å². The smallest absolute Gasteiger partial charge is 0.349 e. The van der Waals surface area contributed by atoms with Crippen molar-refractivity contribution >= 4 is 22.8 Å². The number of hydrogen-bond acceptors (Lipinski definition) is 8.